The molecule has 0 atom stereocenters. The third-order valence-electron chi connectivity index (χ3n) is 5.35. The molecule has 3 rings (SSSR count). The molecular formula is C27H26F3NO4S. The zero-order valence-electron chi connectivity index (χ0n) is 20.2. The fourth-order valence-electron chi connectivity index (χ4n) is 3.94. The molecule has 36 heavy (non-hydrogen) atoms. The minimum atomic E-state index is -4.60. The van der Waals surface area contributed by atoms with Gasteiger partial charge in [0, 0.05) is 16.8 Å². The summed E-state index contributed by atoms with van der Waals surface area (Å²) in [4.78, 5) is 24.6. The SMILES string of the molecule is Cc1cc(C(=O)Nc2ccc(-c3ccccc3C(F)(F)F)c(C=O)c2)ccc1S(=O)(=O)CC(C)(C)C. The summed E-state index contributed by atoms with van der Waals surface area (Å²) < 4.78 is 65.8. The lowest BCUT2D eigenvalue weighted by atomic mass is 9.95. The number of carbonyl (C=O) groups excluding carboxylic acids is 2. The van der Waals surface area contributed by atoms with E-state index in [-0.39, 0.29) is 38.6 Å². The molecule has 5 nitrogen and oxygen atoms in total. The van der Waals surface area contributed by atoms with Gasteiger partial charge in [0.15, 0.2) is 16.1 Å². The molecule has 0 saturated carbocycles. The summed E-state index contributed by atoms with van der Waals surface area (Å²) in [6.07, 6.45) is -4.18. The van der Waals surface area contributed by atoms with Crippen LogP contribution in [0.15, 0.2) is 65.6 Å². The Hall–Kier alpha value is -3.46. The van der Waals surface area contributed by atoms with Crippen molar-refractivity contribution in [2.75, 3.05) is 11.1 Å². The standard InChI is InChI=1S/C27H26F3NO4S/c1-17-13-18(9-12-24(17)36(34,35)16-26(2,3)4)25(33)31-20-10-11-21(19(14-20)15-32)22-7-5-6-8-23(22)27(28,29)30/h5-15H,16H2,1-4H3,(H,31,33). The first-order valence-corrected chi connectivity index (χ1v) is 12.7. The van der Waals surface area contributed by atoms with Crippen LogP contribution >= 0.6 is 0 Å². The Kier molecular flexibility index (Phi) is 7.45. The molecule has 1 N–H and O–H groups in total. The molecule has 0 spiro atoms. The summed E-state index contributed by atoms with van der Waals surface area (Å²) in [6, 6.07) is 13.2. The summed E-state index contributed by atoms with van der Waals surface area (Å²) in [5, 5.41) is 2.61. The van der Waals surface area contributed by atoms with E-state index in [9.17, 15) is 31.2 Å². The number of anilines is 1. The lowest BCUT2D eigenvalue weighted by Gasteiger charge is -2.19. The van der Waals surface area contributed by atoms with E-state index in [4.69, 9.17) is 0 Å². The van der Waals surface area contributed by atoms with Gasteiger partial charge in [0.1, 0.15) is 0 Å². The number of aryl methyl sites for hydroxylation is 1. The topological polar surface area (TPSA) is 80.3 Å². The van der Waals surface area contributed by atoms with Crippen molar-refractivity contribution in [2.45, 2.75) is 38.8 Å². The quantitative estimate of drug-likeness (QED) is 0.375. The summed E-state index contributed by atoms with van der Waals surface area (Å²) in [7, 11) is -3.55. The fraction of sp³-hybridized carbons (Fsp3) is 0.259. The van der Waals surface area contributed by atoms with E-state index in [0.29, 0.717) is 11.8 Å². The predicted octanol–water partition coefficient (Wildman–Crippen LogP) is 6.57. The summed E-state index contributed by atoms with van der Waals surface area (Å²) in [6.45, 7) is 7.07. The van der Waals surface area contributed by atoms with Gasteiger partial charge in [-0.3, -0.25) is 9.59 Å². The molecule has 3 aromatic rings. The first kappa shape index (κ1) is 27.1. The van der Waals surface area contributed by atoms with Gasteiger partial charge in [0.05, 0.1) is 16.2 Å². The Labute approximate surface area is 208 Å². The molecule has 0 unspecified atom stereocenters. The van der Waals surface area contributed by atoms with Gasteiger partial charge in [-0.05, 0) is 65.4 Å². The molecule has 0 aliphatic rings. The molecule has 0 saturated heterocycles. The Bertz CT molecular complexity index is 1420. The monoisotopic (exact) mass is 517 g/mol. The van der Waals surface area contributed by atoms with Crippen LogP contribution in [-0.2, 0) is 16.0 Å². The Morgan fingerprint density at radius 3 is 2.19 bits per heavy atom. The maximum atomic E-state index is 13.4. The highest BCUT2D eigenvalue weighted by molar-refractivity contribution is 7.91. The highest BCUT2D eigenvalue weighted by Gasteiger charge is 2.33. The number of hydrogen-bond donors (Lipinski definition) is 1. The van der Waals surface area contributed by atoms with Gasteiger partial charge in [-0.2, -0.15) is 13.2 Å². The number of aldehydes is 1. The first-order chi connectivity index (χ1) is 16.6. The van der Waals surface area contributed by atoms with Gasteiger partial charge in [0.25, 0.3) is 5.91 Å². The molecule has 190 valence electrons. The number of alkyl halides is 3. The van der Waals surface area contributed by atoms with Crippen molar-refractivity contribution in [1.29, 1.82) is 0 Å². The van der Waals surface area contributed by atoms with Crippen LogP contribution in [0, 0.1) is 12.3 Å². The summed E-state index contributed by atoms with van der Waals surface area (Å²) in [5.74, 6) is -0.608. The molecule has 0 fully saturated rings. The zero-order valence-corrected chi connectivity index (χ0v) is 21.0. The predicted molar refractivity (Wildman–Crippen MR) is 133 cm³/mol. The lowest BCUT2D eigenvalue weighted by Crippen LogP contribution is -2.21. The van der Waals surface area contributed by atoms with Gasteiger partial charge >= 0.3 is 6.18 Å². The van der Waals surface area contributed by atoms with Crippen molar-refractivity contribution < 1.29 is 31.2 Å². The lowest BCUT2D eigenvalue weighted by molar-refractivity contribution is -0.137. The Morgan fingerprint density at radius 2 is 1.61 bits per heavy atom. The van der Waals surface area contributed by atoms with Crippen LogP contribution in [0.25, 0.3) is 11.1 Å². The maximum absolute atomic E-state index is 13.4. The van der Waals surface area contributed by atoms with Crippen molar-refractivity contribution in [1.82, 2.24) is 0 Å². The molecule has 3 aromatic carbocycles. The number of sulfone groups is 1. The minimum Gasteiger partial charge on any atom is -0.322 e. The van der Waals surface area contributed by atoms with Gasteiger partial charge < -0.3 is 5.32 Å². The van der Waals surface area contributed by atoms with Crippen LogP contribution in [0.1, 0.15) is 52.6 Å². The number of nitrogens with one attached hydrogen (secondary N) is 1. The number of benzene rings is 3. The van der Waals surface area contributed by atoms with E-state index in [1.807, 2.05) is 20.8 Å². The highest BCUT2D eigenvalue weighted by Crippen LogP contribution is 2.38. The van der Waals surface area contributed by atoms with Crippen LogP contribution in [0.2, 0.25) is 0 Å². The van der Waals surface area contributed by atoms with E-state index in [0.717, 1.165) is 6.07 Å². The van der Waals surface area contributed by atoms with Gasteiger partial charge in [-0.1, -0.05) is 45.0 Å². The van der Waals surface area contributed by atoms with Crippen molar-refractivity contribution in [2.24, 2.45) is 5.41 Å². The minimum absolute atomic E-state index is 0.0238. The molecule has 9 heteroatoms. The van der Waals surface area contributed by atoms with Gasteiger partial charge in [0.2, 0.25) is 0 Å². The molecular weight excluding hydrogens is 491 g/mol. The Balaban J connectivity index is 1.89. The van der Waals surface area contributed by atoms with E-state index in [1.54, 1.807) is 6.92 Å². The number of amides is 1. The van der Waals surface area contributed by atoms with Crippen LogP contribution in [0.3, 0.4) is 0 Å². The second-order valence-corrected chi connectivity index (χ2v) is 11.7. The number of hydrogen-bond acceptors (Lipinski definition) is 4. The summed E-state index contributed by atoms with van der Waals surface area (Å²) >= 11 is 0. The second kappa shape index (κ2) is 9.89. The number of rotatable bonds is 6. The second-order valence-electron chi connectivity index (χ2n) is 9.72. The molecule has 0 aliphatic carbocycles. The largest absolute Gasteiger partial charge is 0.417 e. The average Bonchev–Trinajstić information content (AvgIpc) is 2.76. The number of halogens is 3. The molecule has 0 aromatic heterocycles. The van der Waals surface area contributed by atoms with Crippen molar-refractivity contribution in [3.63, 3.8) is 0 Å². The third kappa shape index (κ3) is 6.20. The van der Waals surface area contributed by atoms with Crippen molar-refractivity contribution in [3.8, 4) is 11.1 Å². The zero-order chi connectivity index (χ0) is 26.9. The van der Waals surface area contributed by atoms with Crippen LogP contribution in [0.4, 0.5) is 18.9 Å². The Morgan fingerprint density at radius 1 is 0.944 bits per heavy atom. The molecule has 1 amide bonds. The van der Waals surface area contributed by atoms with E-state index in [1.165, 1.54) is 54.6 Å². The fourth-order valence-corrected chi connectivity index (χ4v) is 6.06. The normalized spacial score (nSPS) is 12.3. The number of carbonyl (C=O) groups is 2. The molecule has 0 aliphatic heterocycles. The van der Waals surface area contributed by atoms with Crippen LogP contribution in [-0.4, -0.2) is 26.4 Å². The molecule has 0 heterocycles. The maximum Gasteiger partial charge on any atom is 0.417 e. The van der Waals surface area contributed by atoms with Crippen LogP contribution in [0.5, 0.6) is 0 Å². The smallest absolute Gasteiger partial charge is 0.322 e. The van der Waals surface area contributed by atoms with Gasteiger partial charge in [-0.25, -0.2) is 8.42 Å². The summed E-state index contributed by atoms with van der Waals surface area (Å²) in [5.41, 5.74) is -0.581. The first-order valence-electron chi connectivity index (χ1n) is 11.0. The third-order valence-corrected chi connectivity index (χ3v) is 7.73. The van der Waals surface area contributed by atoms with E-state index >= 15 is 0 Å². The van der Waals surface area contributed by atoms with Crippen LogP contribution < -0.4 is 5.32 Å². The highest BCUT2D eigenvalue weighted by atomic mass is 32.2. The van der Waals surface area contributed by atoms with Crippen molar-refractivity contribution in [3.05, 3.63) is 82.9 Å². The van der Waals surface area contributed by atoms with E-state index < -0.39 is 32.9 Å². The van der Waals surface area contributed by atoms with Gasteiger partial charge in [-0.15, -0.1) is 0 Å². The average molecular weight is 518 g/mol. The van der Waals surface area contributed by atoms with Crippen molar-refractivity contribution >= 4 is 27.7 Å². The molecule has 0 radical (unpaired) electrons. The molecule has 0 bridgehead atoms. The van der Waals surface area contributed by atoms with E-state index in [2.05, 4.69) is 5.32 Å².